The van der Waals surface area contributed by atoms with Crippen LogP contribution in [0.3, 0.4) is 0 Å². The first kappa shape index (κ1) is 16.0. The molecule has 0 aromatic carbocycles. The molecule has 2 fully saturated rings. The van der Waals surface area contributed by atoms with Crippen molar-refractivity contribution in [2.24, 2.45) is 23.7 Å². The third-order valence-corrected chi connectivity index (χ3v) is 5.19. The fraction of sp³-hybridized carbons (Fsp3) is 0.941. The van der Waals surface area contributed by atoms with Gasteiger partial charge in [-0.25, -0.2) is 0 Å². The summed E-state index contributed by atoms with van der Waals surface area (Å²) in [5.41, 5.74) is 0. The van der Waals surface area contributed by atoms with Crippen LogP contribution in [-0.2, 0) is 9.53 Å². The van der Waals surface area contributed by atoms with E-state index >= 15 is 0 Å². The van der Waals surface area contributed by atoms with Gasteiger partial charge in [-0.05, 0) is 50.5 Å². The number of Topliss-reactive ketones (excluding diaryl/α,β-unsaturated/α-hetero) is 1. The van der Waals surface area contributed by atoms with E-state index in [4.69, 9.17) is 4.74 Å². The third-order valence-electron chi connectivity index (χ3n) is 5.19. The van der Waals surface area contributed by atoms with E-state index in [-0.39, 0.29) is 5.92 Å². The minimum Gasteiger partial charge on any atom is -0.381 e. The van der Waals surface area contributed by atoms with Crippen molar-refractivity contribution in [2.75, 3.05) is 33.4 Å². The number of hydrogen-bond donors (Lipinski definition) is 0. The molecule has 0 amide bonds. The van der Waals surface area contributed by atoms with Gasteiger partial charge >= 0.3 is 0 Å². The third kappa shape index (κ3) is 4.56. The summed E-state index contributed by atoms with van der Waals surface area (Å²) in [4.78, 5) is 14.5. The van der Waals surface area contributed by atoms with Gasteiger partial charge in [-0.3, -0.25) is 4.79 Å². The molecule has 2 unspecified atom stereocenters. The Morgan fingerprint density at radius 2 is 1.90 bits per heavy atom. The highest BCUT2D eigenvalue weighted by Crippen LogP contribution is 2.32. The van der Waals surface area contributed by atoms with Crippen molar-refractivity contribution < 1.29 is 9.53 Å². The molecule has 2 rings (SSSR count). The average molecular weight is 281 g/mol. The smallest absolute Gasteiger partial charge is 0.137 e. The van der Waals surface area contributed by atoms with Gasteiger partial charge in [-0.2, -0.15) is 0 Å². The van der Waals surface area contributed by atoms with Gasteiger partial charge in [0.15, 0.2) is 0 Å². The second-order valence-corrected chi connectivity index (χ2v) is 7.22. The molecule has 1 saturated carbocycles. The summed E-state index contributed by atoms with van der Waals surface area (Å²) in [5.74, 6) is 3.00. The molecule has 0 radical (unpaired) electrons. The van der Waals surface area contributed by atoms with Crippen molar-refractivity contribution in [2.45, 2.75) is 46.0 Å². The summed E-state index contributed by atoms with van der Waals surface area (Å²) < 4.78 is 5.42. The molecular formula is C17H31NO2. The average Bonchev–Trinajstić information content (AvgIpc) is 2.42. The number of carbonyl (C=O) groups excluding carboxylic acids is 1. The zero-order chi connectivity index (χ0) is 14.5. The van der Waals surface area contributed by atoms with Gasteiger partial charge in [0.1, 0.15) is 5.78 Å². The van der Waals surface area contributed by atoms with E-state index in [1.54, 1.807) is 0 Å². The highest BCUT2D eigenvalue weighted by molar-refractivity contribution is 5.81. The molecular weight excluding hydrogens is 250 g/mol. The zero-order valence-electron chi connectivity index (χ0n) is 13.4. The Hall–Kier alpha value is -0.410. The van der Waals surface area contributed by atoms with Gasteiger partial charge < -0.3 is 9.64 Å². The van der Waals surface area contributed by atoms with E-state index in [1.165, 1.54) is 12.8 Å². The standard InChI is InChI=1S/C17H31NO2/c1-13(2)15-4-5-17(19)16(10-15)12-18(3)11-14-6-8-20-9-7-14/h13-16H,4-12H2,1-3H3. The Kier molecular flexibility index (Phi) is 6.03. The van der Waals surface area contributed by atoms with Crippen LogP contribution in [0.15, 0.2) is 0 Å². The molecule has 0 bridgehead atoms. The van der Waals surface area contributed by atoms with Crippen LogP contribution in [0, 0.1) is 23.7 Å². The lowest BCUT2D eigenvalue weighted by atomic mass is 9.75. The molecule has 1 aliphatic heterocycles. The second-order valence-electron chi connectivity index (χ2n) is 7.22. The molecule has 3 nitrogen and oxygen atoms in total. The van der Waals surface area contributed by atoms with Crippen LogP contribution in [0.5, 0.6) is 0 Å². The summed E-state index contributed by atoms with van der Waals surface area (Å²) in [6, 6.07) is 0. The molecule has 1 heterocycles. The highest BCUT2D eigenvalue weighted by atomic mass is 16.5. The molecule has 2 atom stereocenters. The molecule has 2 aliphatic rings. The summed E-state index contributed by atoms with van der Waals surface area (Å²) in [5, 5.41) is 0. The minimum atomic E-state index is 0.279. The maximum absolute atomic E-state index is 12.1. The number of rotatable bonds is 5. The number of nitrogens with zero attached hydrogens (tertiary/aromatic N) is 1. The topological polar surface area (TPSA) is 29.5 Å². The molecule has 0 spiro atoms. The summed E-state index contributed by atoms with van der Waals surface area (Å²) in [6.45, 7) is 8.50. The normalized spacial score (nSPS) is 29.4. The Labute approximate surface area is 124 Å². The van der Waals surface area contributed by atoms with Crippen molar-refractivity contribution in [3.05, 3.63) is 0 Å². The Morgan fingerprint density at radius 3 is 2.55 bits per heavy atom. The Bertz CT molecular complexity index is 310. The van der Waals surface area contributed by atoms with Crippen molar-refractivity contribution in [3.63, 3.8) is 0 Å². The second kappa shape index (κ2) is 7.56. The van der Waals surface area contributed by atoms with E-state index in [1.807, 2.05) is 0 Å². The van der Waals surface area contributed by atoms with Crippen molar-refractivity contribution >= 4 is 5.78 Å². The number of ether oxygens (including phenoxy) is 1. The lowest BCUT2D eigenvalue weighted by Gasteiger charge is -2.34. The van der Waals surface area contributed by atoms with Crippen LogP contribution >= 0.6 is 0 Å². The van der Waals surface area contributed by atoms with Crippen molar-refractivity contribution in [1.29, 1.82) is 0 Å². The fourth-order valence-electron chi connectivity index (χ4n) is 3.75. The van der Waals surface area contributed by atoms with E-state index in [2.05, 4.69) is 25.8 Å². The number of hydrogen-bond acceptors (Lipinski definition) is 3. The Balaban J connectivity index is 1.79. The van der Waals surface area contributed by atoms with Crippen molar-refractivity contribution in [1.82, 2.24) is 4.90 Å². The predicted molar refractivity (Wildman–Crippen MR) is 81.7 cm³/mol. The first-order chi connectivity index (χ1) is 9.56. The highest BCUT2D eigenvalue weighted by Gasteiger charge is 2.31. The van der Waals surface area contributed by atoms with Gasteiger partial charge in [0.2, 0.25) is 0 Å². The van der Waals surface area contributed by atoms with Gasteiger partial charge in [0.05, 0.1) is 0 Å². The minimum absolute atomic E-state index is 0.279. The summed E-state index contributed by atoms with van der Waals surface area (Å²) >= 11 is 0. The first-order valence-electron chi connectivity index (χ1n) is 8.35. The first-order valence-corrected chi connectivity index (χ1v) is 8.35. The molecule has 1 aliphatic carbocycles. The molecule has 0 aromatic rings. The van der Waals surface area contributed by atoms with E-state index in [0.29, 0.717) is 11.7 Å². The van der Waals surface area contributed by atoms with Crippen LogP contribution in [-0.4, -0.2) is 44.0 Å². The summed E-state index contributed by atoms with van der Waals surface area (Å²) in [6.07, 6.45) is 5.37. The Morgan fingerprint density at radius 1 is 1.20 bits per heavy atom. The molecule has 116 valence electrons. The van der Waals surface area contributed by atoms with Crippen LogP contribution in [0.1, 0.15) is 46.0 Å². The van der Waals surface area contributed by atoms with Crippen LogP contribution < -0.4 is 0 Å². The number of ketones is 1. The maximum Gasteiger partial charge on any atom is 0.137 e. The van der Waals surface area contributed by atoms with Crippen molar-refractivity contribution in [3.8, 4) is 0 Å². The van der Waals surface area contributed by atoms with E-state index in [0.717, 1.165) is 57.4 Å². The quantitative estimate of drug-likeness (QED) is 0.776. The van der Waals surface area contributed by atoms with Gasteiger partial charge in [0, 0.05) is 38.6 Å². The fourth-order valence-corrected chi connectivity index (χ4v) is 3.75. The van der Waals surface area contributed by atoms with E-state index in [9.17, 15) is 4.79 Å². The van der Waals surface area contributed by atoms with Gasteiger partial charge in [-0.1, -0.05) is 13.8 Å². The zero-order valence-corrected chi connectivity index (χ0v) is 13.4. The van der Waals surface area contributed by atoms with Gasteiger partial charge in [0.25, 0.3) is 0 Å². The lowest BCUT2D eigenvalue weighted by Crippen LogP contribution is -2.38. The molecule has 0 aromatic heterocycles. The van der Waals surface area contributed by atoms with Crippen LogP contribution in [0.25, 0.3) is 0 Å². The summed E-state index contributed by atoms with van der Waals surface area (Å²) in [7, 11) is 2.18. The number of carbonyl (C=O) groups is 1. The monoisotopic (exact) mass is 281 g/mol. The molecule has 3 heteroatoms. The largest absolute Gasteiger partial charge is 0.381 e. The predicted octanol–water partition coefficient (Wildman–Crippen LogP) is 2.99. The molecule has 0 N–H and O–H groups in total. The lowest BCUT2D eigenvalue weighted by molar-refractivity contribution is -0.126. The van der Waals surface area contributed by atoms with Crippen LogP contribution in [0.2, 0.25) is 0 Å². The molecule has 20 heavy (non-hydrogen) atoms. The van der Waals surface area contributed by atoms with Gasteiger partial charge in [-0.15, -0.1) is 0 Å². The maximum atomic E-state index is 12.1. The van der Waals surface area contributed by atoms with Crippen LogP contribution in [0.4, 0.5) is 0 Å². The SMILES string of the molecule is CC(C)C1CCC(=O)C(CN(C)CC2CCOCC2)C1. The van der Waals surface area contributed by atoms with E-state index < -0.39 is 0 Å². The molecule has 1 saturated heterocycles.